The minimum atomic E-state index is -1.35. The second kappa shape index (κ2) is 4.75. The summed E-state index contributed by atoms with van der Waals surface area (Å²) in [5, 5.41) is 8.76. The molecule has 15 heavy (non-hydrogen) atoms. The molecule has 0 aliphatic rings. The quantitative estimate of drug-likeness (QED) is 0.789. The van der Waals surface area contributed by atoms with Crippen LogP contribution >= 0.6 is 0 Å². The molecule has 0 bridgehead atoms. The smallest absolute Gasteiger partial charge is 0.342 e. The van der Waals surface area contributed by atoms with Gasteiger partial charge in [-0.1, -0.05) is 6.07 Å². The van der Waals surface area contributed by atoms with E-state index in [0.717, 1.165) is 6.07 Å². The fourth-order valence-corrected chi connectivity index (χ4v) is 1.05. The third-order valence-corrected chi connectivity index (χ3v) is 1.69. The normalized spacial score (nSPS) is 12.2. The van der Waals surface area contributed by atoms with Gasteiger partial charge in [-0.05, 0) is 19.1 Å². The van der Waals surface area contributed by atoms with E-state index in [2.05, 4.69) is 0 Å². The summed E-state index contributed by atoms with van der Waals surface area (Å²) in [4.78, 5) is 10.7. The van der Waals surface area contributed by atoms with Crippen LogP contribution in [0.5, 0.6) is 5.75 Å². The molecule has 0 heterocycles. The standard InChI is InChI=1S/C10H12FNO3/c1-6(12)5-15-8-4-2-3-7(11)9(8)10(13)14/h2-4,6H,5,12H2,1H3,(H,13,14). The van der Waals surface area contributed by atoms with Crippen LogP contribution in [0.4, 0.5) is 4.39 Å². The molecule has 1 rings (SSSR count). The minimum Gasteiger partial charge on any atom is -0.491 e. The van der Waals surface area contributed by atoms with Crippen molar-refractivity contribution in [3.63, 3.8) is 0 Å². The molecule has 0 aliphatic carbocycles. The molecule has 0 fully saturated rings. The number of carboxylic acids is 1. The molecule has 3 N–H and O–H groups in total. The van der Waals surface area contributed by atoms with Gasteiger partial charge < -0.3 is 15.6 Å². The third kappa shape index (κ3) is 2.92. The first-order valence-corrected chi connectivity index (χ1v) is 4.42. The molecule has 5 heteroatoms. The van der Waals surface area contributed by atoms with Gasteiger partial charge in [0.05, 0.1) is 0 Å². The van der Waals surface area contributed by atoms with E-state index < -0.39 is 17.3 Å². The zero-order valence-corrected chi connectivity index (χ0v) is 8.24. The molecule has 1 atom stereocenters. The molecule has 4 nitrogen and oxygen atoms in total. The van der Waals surface area contributed by atoms with Crippen LogP contribution in [0.2, 0.25) is 0 Å². The maximum absolute atomic E-state index is 13.1. The van der Waals surface area contributed by atoms with E-state index in [0.29, 0.717) is 0 Å². The summed E-state index contributed by atoms with van der Waals surface area (Å²) in [5.41, 5.74) is 4.98. The predicted octanol–water partition coefficient (Wildman–Crippen LogP) is 1.25. The summed E-state index contributed by atoms with van der Waals surface area (Å²) in [6.45, 7) is 1.85. The molecule has 82 valence electrons. The zero-order valence-electron chi connectivity index (χ0n) is 8.24. The molecule has 0 radical (unpaired) electrons. The average Bonchev–Trinajstić information content (AvgIpc) is 2.13. The third-order valence-electron chi connectivity index (χ3n) is 1.69. The highest BCUT2D eigenvalue weighted by molar-refractivity contribution is 5.91. The van der Waals surface area contributed by atoms with E-state index in [1.165, 1.54) is 12.1 Å². The largest absolute Gasteiger partial charge is 0.491 e. The Labute approximate surface area is 86.5 Å². The van der Waals surface area contributed by atoms with Gasteiger partial charge in [0.15, 0.2) is 0 Å². The highest BCUT2D eigenvalue weighted by atomic mass is 19.1. The fourth-order valence-electron chi connectivity index (χ4n) is 1.05. The lowest BCUT2D eigenvalue weighted by molar-refractivity contribution is 0.0686. The highest BCUT2D eigenvalue weighted by Gasteiger charge is 2.16. The number of carboxylic acid groups (broad SMARTS) is 1. The Hall–Kier alpha value is -1.62. The van der Waals surface area contributed by atoms with Crippen molar-refractivity contribution in [3.05, 3.63) is 29.6 Å². The van der Waals surface area contributed by atoms with E-state index in [-0.39, 0.29) is 18.4 Å². The van der Waals surface area contributed by atoms with E-state index >= 15 is 0 Å². The van der Waals surface area contributed by atoms with E-state index in [4.69, 9.17) is 15.6 Å². The number of carbonyl (C=O) groups is 1. The molecule has 0 aromatic heterocycles. The lowest BCUT2D eigenvalue weighted by Gasteiger charge is -2.11. The van der Waals surface area contributed by atoms with Gasteiger partial charge >= 0.3 is 5.97 Å². The average molecular weight is 213 g/mol. The van der Waals surface area contributed by atoms with Gasteiger partial charge in [0.2, 0.25) is 0 Å². The molecule has 0 aliphatic heterocycles. The second-order valence-electron chi connectivity index (χ2n) is 3.21. The van der Waals surface area contributed by atoms with Crippen molar-refractivity contribution < 1.29 is 19.0 Å². The van der Waals surface area contributed by atoms with Gasteiger partial charge in [-0.15, -0.1) is 0 Å². The van der Waals surface area contributed by atoms with Gasteiger partial charge in [-0.2, -0.15) is 0 Å². The zero-order chi connectivity index (χ0) is 11.4. The molecule has 0 saturated carbocycles. The van der Waals surface area contributed by atoms with Gasteiger partial charge in [0.25, 0.3) is 0 Å². The summed E-state index contributed by atoms with van der Waals surface area (Å²) in [5.74, 6) is -2.17. The number of halogens is 1. The molecule has 0 amide bonds. The van der Waals surface area contributed by atoms with Crippen LogP contribution in [-0.2, 0) is 0 Å². The Morgan fingerprint density at radius 3 is 2.87 bits per heavy atom. The fraction of sp³-hybridized carbons (Fsp3) is 0.300. The Bertz CT molecular complexity index is 366. The number of ether oxygens (including phenoxy) is 1. The van der Waals surface area contributed by atoms with Crippen molar-refractivity contribution >= 4 is 5.97 Å². The van der Waals surface area contributed by atoms with Gasteiger partial charge in [0, 0.05) is 6.04 Å². The number of rotatable bonds is 4. The van der Waals surface area contributed by atoms with Crippen LogP contribution < -0.4 is 10.5 Å². The number of aromatic carboxylic acids is 1. The van der Waals surface area contributed by atoms with E-state index in [1.807, 2.05) is 0 Å². The van der Waals surface area contributed by atoms with Crippen LogP contribution in [0.1, 0.15) is 17.3 Å². The van der Waals surface area contributed by atoms with Crippen LogP contribution in [0, 0.1) is 5.82 Å². The Morgan fingerprint density at radius 1 is 1.67 bits per heavy atom. The number of hydrogen-bond acceptors (Lipinski definition) is 3. The monoisotopic (exact) mass is 213 g/mol. The Balaban J connectivity index is 2.96. The van der Waals surface area contributed by atoms with Crippen molar-refractivity contribution in [1.29, 1.82) is 0 Å². The van der Waals surface area contributed by atoms with Crippen molar-refractivity contribution in [1.82, 2.24) is 0 Å². The molecular formula is C10H12FNO3. The maximum Gasteiger partial charge on any atom is 0.342 e. The Kier molecular flexibility index (Phi) is 3.62. The number of benzene rings is 1. The molecule has 0 spiro atoms. The first-order chi connectivity index (χ1) is 7.02. The predicted molar refractivity (Wildman–Crippen MR) is 52.5 cm³/mol. The van der Waals surface area contributed by atoms with E-state index in [1.54, 1.807) is 6.92 Å². The summed E-state index contributed by atoms with van der Waals surface area (Å²) in [7, 11) is 0. The van der Waals surface area contributed by atoms with Gasteiger partial charge in [0.1, 0.15) is 23.7 Å². The summed E-state index contributed by atoms with van der Waals surface area (Å²) >= 11 is 0. The highest BCUT2D eigenvalue weighted by Crippen LogP contribution is 2.21. The lowest BCUT2D eigenvalue weighted by Crippen LogP contribution is -2.24. The van der Waals surface area contributed by atoms with E-state index in [9.17, 15) is 9.18 Å². The number of hydrogen-bond donors (Lipinski definition) is 2. The molecule has 1 unspecified atom stereocenters. The minimum absolute atomic E-state index is 0.000185. The van der Waals surface area contributed by atoms with Crippen LogP contribution in [-0.4, -0.2) is 23.7 Å². The van der Waals surface area contributed by atoms with Crippen LogP contribution in [0.15, 0.2) is 18.2 Å². The van der Waals surface area contributed by atoms with Gasteiger partial charge in [-0.25, -0.2) is 9.18 Å². The van der Waals surface area contributed by atoms with Crippen molar-refractivity contribution in [2.24, 2.45) is 5.73 Å². The number of nitrogens with two attached hydrogens (primary N) is 1. The SMILES string of the molecule is CC(N)COc1cccc(F)c1C(=O)O. The Morgan fingerprint density at radius 2 is 2.33 bits per heavy atom. The van der Waals surface area contributed by atoms with Gasteiger partial charge in [-0.3, -0.25) is 0 Å². The van der Waals surface area contributed by atoms with Crippen molar-refractivity contribution in [2.75, 3.05) is 6.61 Å². The van der Waals surface area contributed by atoms with Crippen LogP contribution in [0.25, 0.3) is 0 Å². The van der Waals surface area contributed by atoms with Crippen molar-refractivity contribution in [3.8, 4) is 5.75 Å². The molecule has 0 saturated heterocycles. The maximum atomic E-state index is 13.1. The molecular weight excluding hydrogens is 201 g/mol. The summed E-state index contributed by atoms with van der Waals surface area (Å²) < 4.78 is 18.2. The first-order valence-electron chi connectivity index (χ1n) is 4.42. The second-order valence-corrected chi connectivity index (χ2v) is 3.21. The van der Waals surface area contributed by atoms with Crippen molar-refractivity contribution in [2.45, 2.75) is 13.0 Å². The topological polar surface area (TPSA) is 72.5 Å². The lowest BCUT2D eigenvalue weighted by atomic mass is 10.2. The molecule has 1 aromatic rings. The molecule has 1 aromatic carbocycles. The summed E-state index contributed by atoms with van der Waals surface area (Å²) in [6, 6.07) is 3.62. The summed E-state index contributed by atoms with van der Waals surface area (Å²) in [6.07, 6.45) is 0. The van der Waals surface area contributed by atoms with Crippen LogP contribution in [0.3, 0.4) is 0 Å². The first kappa shape index (κ1) is 11.5.